The molecule has 0 aromatic rings. The molecule has 0 aliphatic carbocycles. The van der Waals surface area contributed by atoms with Crippen molar-refractivity contribution >= 4 is 0 Å². The summed E-state index contributed by atoms with van der Waals surface area (Å²) in [5, 5.41) is 3.50. The minimum Gasteiger partial charge on any atom is -0.311 e. The van der Waals surface area contributed by atoms with Gasteiger partial charge < -0.3 is 5.32 Å². The van der Waals surface area contributed by atoms with Crippen molar-refractivity contribution < 1.29 is 4.39 Å². The van der Waals surface area contributed by atoms with Crippen molar-refractivity contribution in [2.45, 2.75) is 76.0 Å². The number of piperidine rings is 1. The summed E-state index contributed by atoms with van der Waals surface area (Å²) in [6.07, 6.45) is 8.20. The number of nitrogens with one attached hydrogen (secondary N) is 1. The molecule has 0 radical (unpaired) electrons. The van der Waals surface area contributed by atoms with E-state index in [2.05, 4.69) is 12.2 Å². The van der Waals surface area contributed by atoms with Crippen LogP contribution in [0.15, 0.2) is 0 Å². The maximum Gasteiger partial charge on any atom is 0.114 e. The number of fused-ring (bicyclic) bond motifs is 2. The molecule has 2 aliphatic heterocycles. The third-order valence-electron chi connectivity index (χ3n) is 3.79. The lowest BCUT2D eigenvalue weighted by Crippen LogP contribution is -2.46. The van der Waals surface area contributed by atoms with Crippen LogP contribution in [0.2, 0.25) is 0 Å². The van der Waals surface area contributed by atoms with Crippen molar-refractivity contribution in [3.63, 3.8) is 0 Å². The van der Waals surface area contributed by atoms with Gasteiger partial charge in [-0.2, -0.15) is 0 Å². The van der Waals surface area contributed by atoms with Gasteiger partial charge in [0.1, 0.15) is 5.67 Å². The van der Waals surface area contributed by atoms with Crippen molar-refractivity contribution in [3.05, 3.63) is 0 Å². The summed E-state index contributed by atoms with van der Waals surface area (Å²) in [5.41, 5.74) is -0.827. The SMILES string of the molecule is CCCCCC1(F)CC2CCC(C1)N2. The molecule has 0 saturated carbocycles. The molecule has 2 atom stereocenters. The fraction of sp³-hybridized carbons (Fsp3) is 1.00. The highest BCUT2D eigenvalue weighted by atomic mass is 19.1. The molecule has 2 fully saturated rings. The van der Waals surface area contributed by atoms with Crippen LogP contribution in [0.5, 0.6) is 0 Å². The Balaban J connectivity index is 1.83. The van der Waals surface area contributed by atoms with E-state index in [0.29, 0.717) is 12.1 Å². The van der Waals surface area contributed by atoms with E-state index < -0.39 is 5.67 Å². The predicted octanol–water partition coefficient (Wildman–Crippen LogP) is 3.19. The number of halogens is 1. The summed E-state index contributed by atoms with van der Waals surface area (Å²) in [4.78, 5) is 0. The van der Waals surface area contributed by atoms with E-state index in [9.17, 15) is 4.39 Å². The molecule has 2 bridgehead atoms. The van der Waals surface area contributed by atoms with Gasteiger partial charge in [0.25, 0.3) is 0 Å². The fourth-order valence-corrected chi connectivity index (χ4v) is 3.09. The van der Waals surface area contributed by atoms with E-state index in [-0.39, 0.29) is 0 Å². The summed E-state index contributed by atoms with van der Waals surface area (Å²) < 4.78 is 14.4. The topological polar surface area (TPSA) is 12.0 Å². The second kappa shape index (κ2) is 4.18. The highest BCUT2D eigenvalue weighted by Gasteiger charge is 2.43. The van der Waals surface area contributed by atoms with Gasteiger partial charge in [0.05, 0.1) is 0 Å². The number of unbranched alkanes of at least 4 members (excludes halogenated alkanes) is 2. The summed E-state index contributed by atoms with van der Waals surface area (Å²) in [7, 11) is 0. The van der Waals surface area contributed by atoms with Crippen LogP contribution in [0.3, 0.4) is 0 Å². The highest BCUT2D eigenvalue weighted by molar-refractivity contribution is 4.99. The zero-order chi connectivity index (χ0) is 10.0. The molecule has 2 aliphatic rings. The van der Waals surface area contributed by atoms with Crippen LogP contribution in [0.1, 0.15) is 58.3 Å². The number of hydrogen-bond donors (Lipinski definition) is 1. The predicted molar refractivity (Wildman–Crippen MR) is 57.2 cm³/mol. The first-order valence-corrected chi connectivity index (χ1v) is 6.17. The zero-order valence-corrected chi connectivity index (χ0v) is 9.19. The van der Waals surface area contributed by atoms with Gasteiger partial charge in [0.2, 0.25) is 0 Å². The zero-order valence-electron chi connectivity index (χ0n) is 9.19. The van der Waals surface area contributed by atoms with Gasteiger partial charge in [-0.05, 0) is 32.1 Å². The van der Waals surface area contributed by atoms with Crippen LogP contribution in [0, 0.1) is 0 Å². The Hall–Kier alpha value is -0.110. The number of rotatable bonds is 4. The Morgan fingerprint density at radius 2 is 1.86 bits per heavy atom. The van der Waals surface area contributed by atoms with E-state index in [4.69, 9.17) is 0 Å². The van der Waals surface area contributed by atoms with Crippen LogP contribution in [-0.4, -0.2) is 17.8 Å². The average molecular weight is 199 g/mol. The van der Waals surface area contributed by atoms with Gasteiger partial charge in [0, 0.05) is 12.1 Å². The van der Waals surface area contributed by atoms with E-state index in [1.54, 1.807) is 0 Å². The molecular formula is C12H22FN. The van der Waals surface area contributed by atoms with Crippen molar-refractivity contribution in [1.82, 2.24) is 5.32 Å². The second-order valence-electron chi connectivity index (χ2n) is 5.15. The first kappa shape index (κ1) is 10.4. The van der Waals surface area contributed by atoms with Crippen molar-refractivity contribution in [3.8, 4) is 0 Å². The van der Waals surface area contributed by atoms with Crippen molar-refractivity contribution in [1.29, 1.82) is 0 Å². The normalized spacial score (nSPS) is 41.6. The molecule has 2 rings (SSSR count). The standard InChI is InChI=1S/C12H22FN/c1-2-3-4-7-12(13)8-10-5-6-11(9-12)14-10/h10-11,14H,2-9H2,1H3. The molecule has 0 amide bonds. The van der Waals surface area contributed by atoms with Gasteiger partial charge in [-0.1, -0.05) is 26.2 Å². The summed E-state index contributed by atoms with van der Waals surface area (Å²) in [5.74, 6) is 0. The maximum atomic E-state index is 14.4. The molecule has 2 saturated heterocycles. The largest absolute Gasteiger partial charge is 0.311 e. The molecule has 0 aromatic heterocycles. The summed E-state index contributed by atoms with van der Waals surface area (Å²) >= 11 is 0. The fourth-order valence-electron chi connectivity index (χ4n) is 3.09. The van der Waals surface area contributed by atoms with Gasteiger partial charge in [-0.3, -0.25) is 0 Å². The summed E-state index contributed by atoms with van der Waals surface area (Å²) in [6.45, 7) is 2.18. The van der Waals surface area contributed by atoms with Gasteiger partial charge >= 0.3 is 0 Å². The molecule has 1 N–H and O–H groups in total. The third kappa shape index (κ3) is 2.28. The smallest absolute Gasteiger partial charge is 0.114 e. The average Bonchev–Trinajstić information content (AvgIpc) is 2.46. The molecule has 2 heterocycles. The Kier molecular flexibility index (Phi) is 3.10. The Labute approximate surface area is 86.5 Å². The Morgan fingerprint density at radius 1 is 1.21 bits per heavy atom. The Bertz CT molecular complexity index is 181. The van der Waals surface area contributed by atoms with E-state index >= 15 is 0 Å². The summed E-state index contributed by atoms with van der Waals surface area (Å²) in [6, 6.07) is 0.973. The number of hydrogen-bond acceptors (Lipinski definition) is 1. The molecule has 82 valence electrons. The first-order valence-electron chi connectivity index (χ1n) is 6.17. The minimum absolute atomic E-state index is 0.486. The lowest BCUT2D eigenvalue weighted by atomic mass is 9.85. The molecular weight excluding hydrogens is 177 g/mol. The van der Waals surface area contributed by atoms with E-state index in [0.717, 1.165) is 25.7 Å². The minimum atomic E-state index is -0.827. The van der Waals surface area contributed by atoms with Gasteiger partial charge in [0.15, 0.2) is 0 Å². The van der Waals surface area contributed by atoms with E-state index in [1.807, 2.05) is 0 Å². The first-order chi connectivity index (χ1) is 6.72. The number of alkyl halides is 1. The second-order valence-corrected chi connectivity index (χ2v) is 5.15. The third-order valence-corrected chi connectivity index (χ3v) is 3.79. The van der Waals surface area contributed by atoms with Gasteiger partial charge in [-0.15, -0.1) is 0 Å². The van der Waals surface area contributed by atoms with Crippen LogP contribution >= 0.6 is 0 Å². The molecule has 0 aromatic carbocycles. The molecule has 2 heteroatoms. The highest BCUT2D eigenvalue weighted by Crippen LogP contribution is 2.39. The van der Waals surface area contributed by atoms with E-state index in [1.165, 1.54) is 25.7 Å². The van der Waals surface area contributed by atoms with Crippen LogP contribution in [0.4, 0.5) is 4.39 Å². The van der Waals surface area contributed by atoms with Crippen LogP contribution in [-0.2, 0) is 0 Å². The van der Waals surface area contributed by atoms with Crippen molar-refractivity contribution in [2.24, 2.45) is 0 Å². The molecule has 2 unspecified atom stereocenters. The van der Waals surface area contributed by atoms with Gasteiger partial charge in [-0.25, -0.2) is 4.39 Å². The molecule has 1 nitrogen and oxygen atoms in total. The van der Waals surface area contributed by atoms with Crippen molar-refractivity contribution in [2.75, 3.05) is 0 Å². The lowest BCUT2D eigenvalue weighted by Gasteiger charge is -2.35. The van der Waals surface area contributed by atoms with Crippen LogP contribution < -0.4 is 5.32 Å². The molecule has 0 spiro atoms. The maximum absolute atomic E-state index is 14.4. The quantitative estimate of drug-likeness (QED) is 0.686. The molecule has 14 heavy (non-hydrogen) atoms. The Morgan fingerprint density at radius 3 is 2.43 bits per heavy atom. The van der Waals surface area contributed by atoms with Crippen LogP contribution in [0.25, 0.3) is 0 Å². The monoisotopic (exact) mass is 199 g/mol. The lowest BCUT2D eigenvalue weighted by molar-refractivity contribution is 0.0765.